The highest BCUT2D eigenvalue weighted by Crippen LogP contribution is 2.37. The molecule has 0 amide bonds. The topological polar surface area (TPSA) is 52.4 Å². The minimum atomic E-state index is 0.453. The van der Waals surface area contributed by atoms with Crippen molar-refractivity contribution < 1.29 is 9.47 Å². The minimum absolute atomic E-state index is 0.453. The molecule has 1 saturated carbocycles. The van der Waals surface area contributed by atoms with Gasteiger partial charge in [-0.25, -0.2) is 9.97 Å². The highest BCUT2D eigenvalue weighted by Gasteiger charge is 2.24. The third kappa shape index (κ3) is 4.17. The van der Waals surface area contributed by atoms with Gasteiger partial charge in [0, 0.05) is 37.4 Å². The molecule has 3 aromatic rings. The standard InChI is InChI=1S/C23H27ClN4O2/c24-18-15-21-22(25-16-18)26-23(28(21)19-3-1-2-4-19)17-5-7-20(8-6-17)30-14-11-27-9-12-29-13-10-27/h5-8,15-16,19H,1-4,9-14H2. The van der Waals surface area contributed by atoms with Crippen molar-refractivity contribution in [3.8, 4) is 17.1 Å². The van der Waals surface area contributed by atoms with Crippen molar-refractivity contribution in [3.05, 3.63) is 41.6 Å². The van der Waals surface area contributed by atoms with E-state index in [0.29, 0.717) is 17.7 Å². The molecule has 6 nitrogen and oxygen atoms in total. The molecule has 1 aliphatic carbocycles. The van der Waals surface area contributed by atoms with Crippen LogP contribution in [-0.2, 0) is 4.74 Å². The van der Waals surface area contributed by atoms with E-state index < -0.39 is 0 Å². The van der Waals surface area contributed by atoms with Crippen LogP contribution in [0, 0.1) is 0 Å². The molecule has 0 N–H and O–H groups in total. The second-order valence-corrected chi connectivity index (χ2v) is 8.50. The first-order valence-electron chi connectivity index (χ1n) is 10.8. The summed E-state index contributed by atoms with van der Waals surface area (Å²) in [5.41, 5.74) is 2.86. The number of morpholine rings is 1. The zero-order valence-electron chi connectivity index (χ0n) is 17.1. The van der Waals surface area contributed by atoms with Crippen LogP contribution in [0.15, 0.2) is 36.5 Å². The molecular weight excluding hydrogens is 400 g/mol. The molecule has 0 atom stereocenters. The monoisotopic (exact) mass is 426 g/mol. The van der Waals surface area contributed by atoms with Gasteiger partial charge in [0.25, 0.3) is 0 Å². The Morgan fingerprint density at radius 3 is 2.63 bits per heavy atom. The predicted molar refractivity (Wildman–Crippen MR) is 118 cm³/mol. The molecule has 1 aliphatic heterocycles. The van der Waals surface area contributed by atoms with Gasteiger partial charge in [0.15, 0.2) is 5.65 Å². The van der Waals surface area contributed by atoms with E-state index in [-0.39, 0.29) is 0 Å². The average Bonchev–Trinajstić information content (AvgIpc) is 3.42. The van der Waals surface area contributed by atoms with Crippen molar-refractivity contribution in [2.45, 2.75) is 31.7 Å². The summed E-state index contributed by atoms with van der Waals surface area (Å²) >= 11 is 6.25. The zero-order chi connectivity index (χ0) is 20.3. The van der Waals surface area contributed by atoms with Crippen LogP contribution >= 0.6 is 11.6 Å². The van der Waals surface area contributed by atoms with E-state index in [9.17, 15) is 0 Å². The van der Waals surface area contributed by atoms with Crippen molar-refractivity contribution >= 4 is 22.8 Å². The SMILES string of the molecule is Clc1cnc2nc(-c3ccc(OCCN4CCOCC4)cc3)n(C3CCCC3)c2c1. The number of benzene rings is 1. The van der Waals surface area contributed by atoms with Crippen LogP contribution < -0.4 is 4.74 Å². The van der Waals surface area contributed by atoms with Gasteiger partial charge in [0.05, 0.1) is 23.8 Å². The lowest BCUT2D eigenvalue weighted by molar-refractivity contribution is 0.0322. The summed E-state index contributed by atoms with van der Waals surface area (Å²) in [6.45, 7) is 5.21. The van der Waals surface area contributed by atoms with Crippen molar-refractivity contribution in [1.29, 1.82) is 0 Å². The number of hydrogen-bond acceptors (Lipinski definition) is 5. The van der Waals surface area contributed by atoms with Crippen LogP contribution in [0.2, 0.25) is 5.02 Å². The minimum Gasteiger partial charge on any atom is -0.492 e. The van der Waals surface area contributed by atoms with Gasteiger partial charge in [0.1, 0.15) is 18.2 Å². The molecule has 158 valence electrons. The predicted octanol–water partition coefficient (Wildman–Crippen LogP) is 4.58. The Labute approximate surface area is 181 Å². The molecule has 1 saturated heterocycles. The van der Waals surface area contributed by atoms with E-state index >= 15 is 0 Å². The fourth-order valence-corrected chi connectivity index (χ4v) is 4.66. The van der Waals surface area contributed by atoms with Gasteiger partial charge in [0.2, 0.25) is 0 Å². The summed E-state index contributed by atoms with van der Waals surface area (Å²) in [5.74, 6) is 1.85. The zero-order valence-corrected chi connectivity index (χ0v) is 17.9. The van der Waals surface area contributed by atoms with E-state index in [1.807, 2.05) is 18.2 Å². The van der Waals surface area contributed by atoms with Crippen LogP contribution in [0.4, 0.5) is 0 Å². The Hall–Kier alpha value is -2.15. The van der Waals surface area contributed by atoms with Crippen LogP contribution in [0.5, 0.6) is 5.75 Å². The van der Waals surface area contributed by atoms with E-state index in [1.165, 1.54) is 25.7 Å². The summed E-state index contributed by atoms with van der Waals surface area (Å²) in [7, 11) is 0. The summed E-state index contributed by atoms with van der Waals surface area (Å²) in [4.78, 5) is 11.7. The summed E-state index contributed by atoms with van der Waals surface area (Å²) < 4.78 is 13.7. The maximum absolute atomic E-state index is 6.25. The number of ether oxygens (including phenoxy) is 2. The van der Waals surface area contributed by atoms with Gasteiger partial charge >= 0.3 is 0 Å². The van der Waals surface area contributed by atoms with Gasteiger partial charge in [-0.2, -0.15) is 0 Å². The normalized spacial score (nSPS) is 18.3. The van der Waals surface area contributed by atoms with E-state index in [2.05, 4.69) is 26.6 Å². The van der Waals surface area contributed by atoms with E-state index in [4.69, 9.17) is 26.1 Å². The number of pyridine rings is 1. The van der Waals surface area contributed by atoms with Crippen LogP contribution in [0.3, 0.4) is 0 Å². The molecule has 3 heterocycles. The first-order valence-corrected chi connectivity index (χ1v) is 11.2. The van der Waals surface area contributed by atoms with Crippen molar-refractivity contribution in [3.63, 3.8) is 0 Å². The Kier molecular flexibility index (Phi) is 5.88. The second-order valence-electron chi connectivity index (χ2n) is 8.07. The average molecular weight is 427 g/mol. The quantitative estimate of drug-likeness (QED) is 0.577. The molecule has 1 aromatic carbocycles. The van der Waals surface area contributed by atoms with Gasteiger partial charge < -0.3 is 14.0 Å². The fourth-order valence-electron chi connectivity index (χ4n) is 4.51. The number of hydrogen-bond donors (Lipinski definition) is 0. The molecule has 0 unspecified atom stereocenters. The number of fused-ring (bicyclic) bond motifs is 1. The number of rotatable bonds is 6. The molecular formula is C23H27ClN4O2. The number of halogens is 1. The summed E-state index contributed by atoms with van der Waals surface area (Å²) in [6.07, 6.45) is 6.54. The smallest absolute Gasteiger partial charge is 0.178 e. The molecule has 30 heavy (non-hydrogen) atoms. The van der Waals surface area contributed by atoms with Crippen molar-refractivity contribution in [2.75, 3.05) is 39.5 Å². The van der Waals surface area contributed by atoms with Crippen LogP contribution in [-0.4, -0.2) is 58.9 Å². The molecule has 2 aromatic heterocycles. The fraction of sp³-hybridized carbons (Fsp3) is 0.478. The van der Waals surface area contributed by atoms with Gasteiger partial charge in [-0.15, -0.1) is 0 Å². The highest BCUT2D eigenvalue weighted by molar-refractivity contribution is 6.31. The van der Waals surface area contributed by atoms with Gasteiger partial charge in [-0.3, -0.25) is 4.90 Å². The second kappa shape index (κ2) is 8.92. The maximum atomic E-state index is 6.25. The Morgan fingerprint density at radius 1 is 1.10 bits per heavy atom. The number of imidazole rings is 1. The number of nitrogens with zero attached hydrogens (tertiary/aromatic N) is 4. The van der Waals surface area contributed by atoms with Crippen LogP contribution in [0.25, 0.3) is 22.6 Å². The maximum Gasteiger partial charge on any atom is 0.178 e. The Bertz CT molecular complexity index is 992. The molecule has 0 bridgehead atoms. The third-order valence-corrected chi connectivity index (χ3v) is 6.30. The Balaban J connectivity index is 1.35. The third-order valence-electron chi connectivity index (χ3n) is 6.10. The summed E-state index contributed by atoms with van der Waals surface area (Å²) in [5, 5.41) is 0.650. The lowest BCUT2D eigenvalue weighted by Crippen LogP contribution is -2.38. The van der Waals surface area contributed by atoms with Crippen molar-refractivity contribution in [1.82, 2.24) is 19.4 Å². The molecule has 2 aliphatic rings. The number of aromatic nitrogens is 3. The molecule has 0 radical (unpaired) electrons. The van der Waals surface area contributed by atoms with Crippen molar-refractivity contribution in [2.24, 2.45) is 0 Å². The highest BCUT2D eigenvalue weighted by atomic mass is 35.5. The largest absolute Gasteiger partial charge is 0.492 e. The molecule has 2 fully saturated rings. The molecule has 7 heteroatoms. The first kappa shape index (κ1) is 19.8. The summed E-state index contributed by atoms with van der Waals surface area (Å²) in [6, 6.07) is 10.7. The molecule has 5 rings (SSSR count). The van der Waals surface area contributed by atoms with Gasteiger partial charge in [-0.1, -0.05) is 24.4 Å². The lowest BCUT2D eigenvalue weighted by Gasteiger charge is -2.26. The molecule has 0 spiro atoms. The van der Waals surface area contributed by atoms with Gasteiger partial charge in [-0.05, 0) is 43.2 Å². The lowest BCUT2D eigenvalue weighted by atomic mass is 10.1. The van der Waals surface area contributed by atoms with E-state index in [0.717, 1.165) is 61.1 Å². The first-order chi connectivity index (χ1) is 14.8. The van der Waals surface area contributed by atoms with Crippen LogP contribution in [0.1, 0.15) is 31.7 Å². The Morgan fingerprint density at radius 2 is 1.87 bits per heavy atom. The van der Waals surface area contributed by atoms with E-state index in [1.54, 1.807) is 6.20 Å².